The monoisotopic (exact) mass is 332 g/mol. The average molecular weight is 332 g/mol. The van der Waals surface area contributed by atoms with Gasteiger partial charge in [0.05, 0.1) is 6.54 Å². The molecule has 0 saturated carbocycles. The minimum absolute atomic E-state index is 0.0836. The van der Waals surface area contributed by atoms with Gasteiger partial charge in [-0.2, -0.15) is 13.2 Å². The van der Waals surface area contributed by atoms with Gasteiger partial charge in [0.15, 0.2) is 6.10 Å². The Kier molecular flexibility index (Phi) is 6.14. The number of carbonyl (C=O) groups excluding carboxylic acids is 2. The van der Waals surface area contributed by atoms with Gasteiger partial charge in [0, 0.05) is 5.69 Å². The first-order valence-electron chi connectivity index (χ1n) is 6.97. The van der Waals surface area contributed by atoms with Crippen molar-refractivity contribution in [3.63, 3.8) is 0 Å². The number of hydrogen-bond donors (Lipinski definition) is 3. The molecule has 1 aromatic carbocycles. The van der Waals surface area contributed by atoms with Crippen molar-refractivity contribution < 1.29 is 27.9 Å². The van der Waals surface area contributed by atoms with Gasteiger partial charge in [0.25, 0.3) is 0 Å². The fourth-order valence-electron chi connectivity index (χ4n) is 1.90. The number of hydrogen-bond acceptors (Lipinski definition) is 3. The Labute approximate surface area is 131 Å². The summed E-state index contributed by atoms with van der Waals surface area (Å²) in [4.78, 5) is 23.4. The second kappa shape index (κ2) is 7.45. The fraction of sp³-hybridized carbons (Fsp3) is 0.467. The van der Waals surface area contributed by atoms with Crippen LogP contribution in [-0.2, 0) is 9.59 Å². The van der Waals surface area contributed by atoms with E-state index in [1.807, 2.05) is 13.8 Å². The van der Waals surface area contributed by atoms with Gasteiger partial charge in [-0.25, -0.2) is 0 Å². The number of halogens is 3. The van der Waals surface area contributed by atoms with Crippen LogP contribution in [0, 0.1) is 6.92 Å². The van der Waals surface area contributed by atoms with Crippen molar-refractivity contribution in [2.24, 2.45) is 0 Å². The first-order chi connectivity index (χ1) is 10.5. The number of aryl methyl sites for hydroxylation is 1. The molecule has 5 nitrogen and oxygen atoms in total. The second-order valence-corrected chi connectivity index (χ2v) is 5.42. The molecule has 0 radical (unpaired) electrons. The number of nitrogens with one attached hydrogen (secondary N) is 2. The predicted octanol–water partition coefficient (Wildman–Crippen LogP) is 2.10. The maximum Gasteiger partial charge on any atom is 0.416 e. The smallest absolute Gasteiger partial charge is 0.382 e. The van der Waals surface area contributed by atoms with E-state index in [-0.39, 0.29) is 5.92 Å². The molecule has 0 unspecified atom stereocenters. The molecule has 0 aliphatic rings. The molecule has 0 aromatic heterocycles. The average Bonchev–Trinajstić information content (AvgIpc) is 2.44. The van der Waals surface area contributed by atoms with Crippen LogP contribution in [0.2, 0.25) is 0 Å². The first-order valence-corrected chi connectivity index (χ1v) is 6.97. The lowest BCUT2D eigenvalue weighted by molar-refractivity contribution is -0.201. The maximum atomic E-state index is 12.1. The highest BCUT2D eigenvalue weighted by atomic mass is 19.4. The van der Waals surface area contributed by atoms with Gasteiger partial charge in [0.1, 0.15) is 0 Å². The number of carbonyl (C=O) groups is 2. The number of para-hydroxylation sites is 1. The van der Waals surface area contributed by atoms with Crippen LogP contribution in [0.25, 0.3) is 0 Å². The minimum atomic E-state index is -4.86. The van der Waals surface area contributed by atoms with Crippen molar-refractivity contribution in [2.45, 2.75) is 39.0 Å². The van der Waals surface area contributed by atoms with Crippen molar-refractivity contribution in [3.05, 3.63) is 29.3 Å². The Morgan fingerprint density at radius 2 is 1.83 bits per heavy atom. The van der Waals surface area contributed by atoms with Gasteiger partial charge < -0.3 is 15.7 Å². The third-order valence-corrected chi connectivity index (χ3v) is 3.21. The van der Waals surface area contributed by atoms with Crippen LogP contribution < -0.4 is 10.6 Å². The largest absolute Gasteiger partial charge is 0.416 e. The lowest BCUT2D eigenvalue weighted by Gasteiger charge is -2.17. The van der Waals surface area contributed by atoms with Gasteiger partial charge >= 0.3 is 18.0 Å². The maximum absolute atomic E-state index is 12.1. The third kappa shape index (κ3) is 5.24. The van der Waals surface area contributed by atoms with E-state index >= 15 is 0 Å². The van der Waals surface area contributed by atoms with Gasteiger partial charge in [-0.15, -0.1) is 0 Å². The molecule has 128 valence electrons. The standard InChI is InChI=1S/C15H19F3N2O3/c1-8(2)10-6-4-5-9(3)12(10)20-14(23)13(22)19-7-11(21)15(16,17)18/h4-6,8,11,21H,7H2,1-3H3,(H,19,22)(H,20,23)/t11-/m1/s1. The summed E-state index contributed by atoms with van der Waals surface area (Å²) in [5, 5.41) is 13.0. The molecule has 0 saturated heterocycles. The van der Waals surface area contributed by atoms with E-state index in [0.29, 0.717) is 5.69 Å². The molecule has 2 amide bonds. The summed E-state index contributed by atoms with van der Waals surface area (Å²) in [6, 6.07) is 5.34. The van der Waals surface area contributed by atoms with Crippen molar-refractivity contribution in [2.75, 3.05) is 11.9 Å². The summed E-state index contributed by atoms with van der Waals surface area (Å²) >= 11 is 0. The van der Waals surface area contributed by atoms with Crippen molar-refractivity contribution in [3.8, 4) is 0 Å². The van der Waals surface area contributed by atoms with E-state index in [1.165, 1.54) is 0 Å². The van der Waals surface area contributed by atoms with Crippen LogP contribution in [0.15, 0.2) is 18.2 Å². The molecule has 1 atom stereocenters. The molecule has 0 fully saturated rings. The van der Waals surface area contributed by atoms with Crippen LogP contribution in [0.1, 0.15) is 30.9 Å². The van der Waals surface area contributed by atoms with E-state index in [4.69, 9.17) is 5.11 Å². The predicted molar refractivity (Wildman–Crippen MR) is 79.0 cm³/mol. The van der Waals surface area contributed by atoms with Crippen LogP contribution in [0.4, 0.5) is 18.9 Å². The highest BCUT2D eigenvalue weighted by Gasteiger charge is 2.38. The molecule has 0 bridgehead atoms. The van der Waals surface area contributed by atoms with E-state index in [2.05, 4.69) is 5.32 Å². The second-order valence-electron chi connectivity index (χ2n) is 5.42. The number of aliphatic hydroxyl groups excluding tert-OH is 1. The summed E-state index contributed by atoms with van der Waals surface area (Å²) in [6.07, 6.45) is -7.58. The van der Waals surface area contributed by atoms with Crippen LogP contribution >= 0.6 is 0 Å². The molecule has 3 N–H and O–H groups in total. The Morgan fingerprint density at radius 1 is 1.22 bits per heavy atom. The number of alkyl halides is 3. The Balaban J connectivity index is 2.75. The van der Waals surface area contributed by atoms with E-state index in [9.17, 15) is 22.8 Å². The number of aliphatic hydroxyl groups is 1. The van der Waals surface area contributed by atoms with Crippen LogP contribution in [0.5, 0.6) is 0 Å². The van der Waals surface area contributed by atoms with Crippen LogP contribution in [-0.4, -0.2) is 35.7 Å². The molecule has 1 rings (SSSR count). The highest BCUT2D eigenvalue weighted by Crippen LogP contribution is 2.27. The first kappa shape index (κ1) is 19.0. The van der Waals surface area contributed by atoms with Crippen molar-refractivity contribution in [1.29, 1.82) is 0 Å². The van der Waals surface area contributed by atoms with Crippen molar-refractivity contribution in [1.82, 2.24) is 5.32 Å². The molecular formula is C15H19F3N2O3. The molecule has 23 heavy (non-hydrogen) atoms. The number of benzene rings is 1. The van der Waals surface area contributed by atoms with Gasteiger partial charge in [-0.05, 0) is 24.0 Å². The lowest BCUT2D eigenvalue weighted by atomic mass is 9.98. The van der Waals surface area contributed by atoms with E-state index < -0.39 is 30.6 Å². The van der Waals surface area contributed by atoms with Gasteiger partial charge in [-0.1, -0.05) is 32.0 Å². The van der Waals surface area contributed by atoms with E-state index in [1.54, 1.807) is 30.4 Å². The number of amides is 2. The molecule has 1 aromatic rings. The number of rotatable bonds is 4. The Morgan fingerprint density at radius 3 is 2.35 bits per heavy atom. The summed E-state index contributed by atoms with van der Waals surface area (Å²) < 4.78 is 36.4. The lowest BCUT2D eigenvalue weighted by Crippen LogP contribution is -2.44. The minimum Gasteiger partial charge on any atom is -0.382 e. The van der Waals surface area contributed by atoms with E-state index in [0.717, 1.165) is 11.1 Å². The van der Waals surface area contributed by atoms with Gasteiger partial charge in [-0.3, -0.25) is 9.59 Å². The molecule has 0 spiro atoms. The molecule has 0 heterocycles. The SMILES string of the molecule is Cc1cccc(C(C)C)c1NC(=O)C(=O)NC[C@@H](O)C(F)(F)F. The zero-order valence-corrected chi connectivity index (χ0v) is 13.0. The molecule has 0 aliphatic carbocycles. The summed E-state index contributed by atoms with van der Waals surface area (Å²) in [5.74, 6) is -2.25. The molecular weight excluding hydrogens is 313 g/mol. The summed E-state index contributed by atoms with van der Waals surface area (Å²) in [6.45, 7) is 4.47. The zero-order valence-electron chi connectivity index (χ0n) is 13.0. The van der Waals surface area contributed by atoms with Crippen molar-refractivity contribution >= 4 is 17.5 Å². The van der Waals surface area contributed by atoms with Gasteiger partial charge in [0.2, 0.25) is 0 Å². The third-order valence-electron chi connectivity index (χ3n) is 3.21. The molecule has 8 heteroatoms. The quantitative estimate of drug-likeness (QED) is 0.739. The topological polar surface area (TPSA) is 78.4 Å². The summed E-state index contributed by atoms with van der Waals surface area (Å²) in [5.41, 5.74) is 1.99. The number of anilines is 1. The Bertz CT molecular complexity index is 586. The molecule has 0 aliphatic heterocycles. The Hall–Kier alpha value is -2.09. The fourth-order valence-corrected chi connectivity index (χ4v) is 1.90. The van der Waals surface area contributed by atoms with Crippen LogP contribution in [0.3, 0.4) is 0 Å². The summed E-state index contributed by atoms with van der Waals surface area (Å²) in [7, 11) is 0. The zero-order chi connectivity index (χ0) is 17.8. The highest BCUT2D eigenvalue weighted by molar-refractivity contribution is 6.39. The normalized spacial score (nSPS) is 12.9.